The molecular formula is C21H28N2O2. The van der Waals surface area contributed by atoms with Gasteiger partial charge < -0.3 is 10.2 Å². The van der Waals surface area contributed by atoms with E-state index >= 15 is 0 Å². The van der Waals surface area contributed by atoms with Crippen molar-refractivity contribution in [3.05, 3.63) is 48.0 Å². The van der Waals surface area contributed by atoms with Crippen molar-refractivity contribution in [2.24, 2.45) is 0 Å². The summed E-state index contributed by atoms with van der Waals surface area (Å²) in [6.45, 7) is 4.46. The van der Waals surface area contributed by atoms with Crippen LogP contribution in [0, 0.1) is 0 Å². The third-order valence-corrected chi connectivity index (χ3v) is 5.87. The van der Waals surface area contributed by atoms with Gasteiger partial charge >= 0.3 is 0 Å². The highest BCUT2D eigenvalue weighted by atomic mass is 16.3. The van der Waals surface area contributed by atoms with Crippen LogP contribution in [0.2, 0.25) is 0 Å². The fraction of sp³-hybridized carbons (Fsp3) is 0.524. The topological polar surface area (TPSA) is 46.9 Å². The lowest BCUT2D eigenvalue weighted by molar-refractivity contribution is -0.0354. The van der Waals surface area contributed by atoms with Crippen LogP contribution in [-0.2, 0) is 6.54 Å². The SMILES string of the molecule is OC1CCN([C@@H]2CCN(Cc3cccc4ccccc34)C[C@H]2O)CC1. The highest BCUT2D eigenvalue weighted by molar-refractivity contribution is 5.85. The second-order valence-corrected chi connectivity index (χ2v) is 7.56. The predicted octanol–water partition coefficient (Wildman–Crippen LogP) is 2.23. The van der Waals surface area contributed by atoms with E-state index in [1.54, 1.807) is 0 Å². The first-order chi connectivity index (χ1) is 12.2. The molecule has 0 radical (unpaired) electrons. The van der Waals surface area contributed by atoms with Crippen molar-refractivity contribution >= 4 is 10.8 Å². The molecule has 2 atom stereocenters. The van der Waals surface area contributed by atoms with Crippen molar-refractivity contribution in [2.45, 2.75) is 44.1 Å². The van der Waals surface area contributed by atoms with Gasteiger partial charge in [0, 0.05) is 38.8 Å². The molecule has 2 aromatic carbocycles. The molecule has 0 bridgehead atoms. The molecule has 4 nitrogen and oxygen atoms in total. The minimum absolute atomic E-state index is 0.153. The zero-order chi connectivity index (χ0) is 17.2. The normalized spacial score (nSPS) is 27.0. The summed E-state index contributed by atoms with van der Waals surface area (Å²) >= 11 is 0. The molecular weight excluding hydrogens is 312 g/mol. The molecule has 0 unspecified atom stereocenters. The van der Waals surface area contributed by atoms with E-state index in [9.17, 15) is 10.2 Å². The van der Waals surface area contributed by atoms with Crippen molar-refractivity contribution in [2.75, 3.05) is 26.2 Å². The number of aliphatic hydroxyl groups excluding tert-OH is 2. The van der Waals surface area contributed by atoms with Gasteiger partial charge in [0.25, 0.3) is 0 Å². The third kappa shape index (κ3) is 3.72. The summed E-state index contributed by atoms with van der Waals surface area (Å²) in [4.78, 5) is 4.76. The van der Waals surface area contributed by atoms with E-state index in [-0.39, 0.29) is 18.2 Å². The van der Waals surface area contributed by atoms with E-state index in [2.05, 4.69) is 52.3 Å². The molecule has 2 fully saturated rings. The van der Waals surface area contributed by atoms with Gasteiger partial charge in [-0.2, -0.15) is 0 Å². The summed E-state index contributed by atoms with van der Waals surface area (Å²) in [6.07, 6.45) is 2.22. The number of likely N-dealkylation sites (tertiary alicyclic amines) is 2. The van der Waals surface area contributed by atoms with Crippen LogP contribution in [0.1, 0.15) is 24.8 Å². The van der Waals surface area contributed by atoms with Gasteiger partial charge in [-0.1, -0.05) is 42.5 Å². The number of aliphatic hydroxyl groups is 2. The summed E-state index contributed by atoms with van der Waals surface area (Å²) in [7, 11) is 0. The fourth-order valence-corrected chi connectivity index (χ4v) is 4.44. The molecule has 2 aromatic rings. The molecule has 4 heteroatoms. The first kappa shape index (κ1) is 17.0. The molecule has 0 aliphatic carbocycles. The second kappa shape index (κ2) is 7.42. The van der Waals surface area contributed by atoms with Crippen LogP contribution in [-0.4, -0.2) is 64.4 Å². The minimum atomic E-state index is -0.307. The highest BCUT2D eigenvalue weighted by Crippen LogP contribution is 2.25. The monoisotopic (exact) mass is 340 g/mol. The largest absolute Gasteiger partial charge is 0.393 e. The second-order valence-electron chi connectivity index (χ2n) is 7.56. The van der Waals surface area contributed by atoms with E-state index in [4.69, 9.17) is 0 Å². The van der Waals surface area contributed by atoms with Gasteiger partial charge in [-0.25, -0.2) is 0 Å². The van der Waals surface area contributed by atoms with Gasteiger partial charge in [0.1, 0.15) is 0 Å². The van der Waals surface area contributed by atoms with Crippen LogP contribution in [0.25, 0.3) is 10.8 Å². The van der Waals surface area contributed by atoms with Gasteiger partial charge in [0.05, 0.1) is 12.2 Å². The minimum Gasteiger partial charge on any atom is -0.393 e. The molecule has 2 aliphatic rings. The quantitative estimate of drug-likeness (QED) is 0.900. The molecule has 0 aromatic heterocycles. The van der Waals surface area contributed by atoms with Crippen LogP contribution in [0.4, 0.5) is 0 Å². The maximum absolute atomic E-state index is 10.7. The Labute approximate surface area is 149 Å². The van der Waals surface area contributed by atoms with E-state index in [0.717, 1.165) is 52.0 Å². The zero-order valence-corrected chi connectivity index (χ0v) is 14.7. The molecule has 2 N–H and O–H groups in total. The molecule has 0 saturated carbocycles. The molecule has 0 spiro atoms. The maximum atomic E-state index is 10.7. The Morgan fingerprint density at radius 3 is 2.44 bits per heavy atom. The Morgan fingerprint density at radius 1 is 0.880 bits per heavy atom. The zero-order valence-electron chi connectivity index (χ0n) is 14.7. The van der Waals surface area contributed by atoms with E-state index in [0.29, 0.717) is 0 Å². The van der Waals surface area contributed by atoms with Gasteiger partial charge in [-0.3, -0.25) is 9.80 Å². The molecule has 25 heavy (non-hydrogen) atoms. The molecule has 2 heterocycles. The summed E-state index contributed by atoms with van der Waals surface area (Å²) in [5, 5.41) is 23.0. The lowest BCUT2D eigenvalue weighted by Gasteiger charge is -2.43. The summed E-state index contributed by atoms with van der Waals surface area (Å²) in [5.41, 5.74) is 1.34. The Hall–Kier alpha value is -1.46. The molecule has 4 rings (SSSR count). The van der Waals surface area contributed by atoms with Crippen LogP contribution >= 0.6 is 0 Å². The van der Waals surface area contributed by atoms with Crippen LogP contribution in [0.5, 0.6) is 0 Å². The number of piperidine rings is 2. The smallest absolute Gasteiger partial charge is 0.0822 e. The van der Waals surface area contributed by atoms with Crippen molar-refractivity contribution in [1.82, 2.24) is 9.80 Å². The molecule has 0 amide bonds. The molecule has 2 aliphatic heterocycles. The average molecular weight is 340 g/mol. The molecule has 2 saturated heterocycles. The number of β-amino-alcohol motifs (C(OH)–C–C–N with tert-alkyl or cyclic N) is 1. The van der Waals surface area contributed by atoms with Gasteiger partial charge in [-0.15, -0.1) is 0 Å². The highest BCUT2D eigenvalue weighted by Gasteiger charge is 2.33. The lowest BCUT2D eigenvalue weighted by Crippen LogP contribution is -2.55. The number of benzene rings is 2. The standard InChI is InChI=1S/C21H28N2O2/c24-18-8-12-23(13-9-18)20-10-11-22(15-21(20)25)14-17-6-3-5-16-4-1-2-7-19(16)17/h1-7,18,20-21,24-25H,8-15H2/t20-,21-/m1/s1. The van der Waals surface area contributed by atoms with Gasteiger partial charge in [0.2, 0.25) is 0 Å². The first-order valence-electron chi connectivity index (χ1n) is 9.50. The van der Waals surface area contributed by atoms with E-state index in [1.165, 1.54) is 16.3 Å². The summed E-state index contributed by atoms with van der Waals surface area (Å²) in [6, 6.07) is 15.3. The summed E-state index contributed by atoms with van der Waals surface area (Å²) in [5.74, 6) is 0. The van der Waals surface area contributed by atoms with E-state index in [1.807, 2.05) is 0 Å². The van der Waals surface area contributed by atoms with E-state index < -0.39 is 0 Å². The number of hydrogen-bond donors (Lipinski definition) is 2. The average Bonchev–Trinajstić information content (AvgIpc) is 2.63. The van der Waals surface area contributed by atoms with Crippen molar-refractivity contribution in [3.63, 3.8) is 0 Å². The van der Waals surface area contributed by atoms with Crippen LogP contribution in [0.3, 0.4) is 0 Å². The van der Waals surface area contributed by atoms with Crippen molar-refractivity contribution < 1.29 is 10.2 Å². The number of hydrogen-bond acceptors (Lipinski definition) is 4. The number of rotatable bonds is 3. The van der Waals surface area contributed by atoms with Gasteiger partial charge in [-0.05, 0) is 35.6 Å². The third-order valence-electron chi connectivity index (χ3n) is 5.87. The Morgan fingerprint density at radius 2 is 1.64 bits per heavy atom. The van der Waals surface area contributed by atoms with Crippen molar-refractivity contribution in [1.29, 1.82) is 0 Å². The van der Waals surface area contributed by atoms with Gasteiger partial charge in [0.15, 0.2) is 0 Å². The Bertz CT molecular complexity index is 707. The van der Waals surface area contributed by atoms with Crippen LogP contribution in [0.15, 0.2) is 42.5 Å². The first-order valence-corrected chi connectivity index (χ1v) is 9.50. The van der Waals surface area contributed by atoms with Crippen molar-refractivity contribution in [3.8, 4) is 0 Å². The maximum Gasteiger partial charge on any atom is 0.0822 e. The Balaban J connectivity index is 1.41. The Kier molecular flexibility index (Phi) is 5.04. The molecule has 134 valence electrons. The summed E-state index contributed by atoms with van der Waals surface area (Å²) < 4.78 is 0. The number of fused-ring (bicyclic) bond motifs is 1. The predicted molar refractivity (Wildman–Crippen MR) is 100 cm³/mol. The fourth-order valence-electron chi connectivity index (χ4n) is 4.44. The number of nitrogens with zero attached hydrogens (tertiary/aromatic N) is 2. The lowest BCUT2D eigenvalue weighted by atomic mass is 9.96. The van der Waals surface area contributed by atoms with Crippen LogP contribution < -0.4 is 0 Å².